The van der Waals surface area contributed by atoms with Crippen molar-refractivity contribution >= 4 is 32.8 Å². The average molecular weight is 787 g/mol. The number of hydrogen-bond donors (Lipinski definition) is 0. The van der Waals surface area contributed by atoms with Gasteiger partial charge in [-0.25, -0.2) is 0 Å². The van der Waals surface area contributed by atoms with Gasteiger partial charge in [0.05, 0.1) is 0 Å². The molecule has 0 spiro atoms. The van der Waals surface area contributed by atoms with Gasteiger partial charge in [-0.1, -0.05) is 27.7 Å². The second-order valence-electron chi connectivity index (χ2n) is 13.5. The summed E-state index contributed by atoms with van der Waals surface area (Å²) in [6.45, 7) is 6.67. The monoisotopic (exact) mass is 786 g/mol. The molecule has 3 aromatic heterocycles. The zero-order valence-electron chi connectivity index (χ0n) is 29.3. The van der Waals surface area contributed by atoms with Crippen LogP contribution in [0.3, 0.4) is 0 Å². The molecule has 7 aromatic rings. The van der Waals surface area contributed by atoms with Gasteiger partial charge in [-0.3, -0.25) is 0 Å². The van der Waals surface area contributed by atoms with E-state index in [0.717, 1.165) is 40.6 Å². The molecule has 0 aliphatic heterocycles. The van der Waals surface area contributed by atoms with Gasteiger partial charge in [0.1, 0.15) is 0 Å². The van der Waals surface area contributed by atoms with Gasteiger partial charge in [0.15, 0.2) is 0 Å². The van der Waals surface area contributed by atoms with Crippen LogP contribution < -0.4 is 4.74 Å². The Labute approximate surface area is 284 Å². The van der Waals surface area contributed by atoms with E-state index < -0.39 is 6.98 Å². The molecule has 0 fully saturated rings. The molecule has 5 nitrogen and oxygen atoms in total. The number of rotatable bonds is 4. The van der Waals surface area contributed by atoms with Crippen LogP contribution in [0.4, 0.5) is 0 Å². The van der Waals surface area contributed by atoms with Crippen molar-refractivity contribution in [1.29, 1.82) is 0 Å². The molecule has 1 atom stereocenters. The third-order valence-corrected chi connectivity index (χ3v) is 10.2. The van der Waals surface area contributed by atoms with Crippen LogP contribution in [0.25, 0.3) is 44.3 Å². The minimum atomic E-state index is -2.34. The summed E-state index contributed by atoms with van der Waals surface area (Å²) in [6, 6.07) is 33.3. The molecule has 0 saturated heterocycles. The number of aromatic nitrogens is 4. The normalized spacial score (nSPS) is 16.4. The van der Waals surface area contributed by atoms with E-state index in [9.17, 15) is 0 Å². The van der Waals surface area contributed by atoms with Gasteiger partial charge in [-0.05, 0) is 53.4 Å². The molecule has 0 N–H and O–H groups in total. The molecular weight excluding hydrogens is 748 g/mol. The predicted octanol–water partition coefficient (Wildman–Crippen LogP) is 9.35. The van der Waals surface area contributed by atoms with Crippen molar-refractivity contribution in [3.8, 4) is 23.0 Å². The predicted molar refractivity (Wildman–Crippen MR) is 182 cm³/mol. The van der Waals surface area contributed by atoms with Gasteiger partial charge in [-0.15, -0.1) is 0 Å². The molecule has 0 amide bonds. The fourth-order valence-corrected chi connectivity index (χ4v) is 7.58. The summed E-state index contributed by atoms with van der Waals surface area (Å²) in [5.41, 5.74) is 8.14. The number of para-hydroxylation sites is 2. The maximum atomic E-state index is 8.18. The van der Waals surface area contributed by atoms with Crippen molar-refractivity contribution in [2.45, 2.75) is 52.4 Å². The van der Waals surface area contributed by atoms with E-state index in [4.69, 9.17) is 13.8 Å². The molecule has 1 aliphatic rings. The zero-order chi connectivity index (χ0) is 34.2. The van der Waals surface area contributed by atoms with Crippen molar-refractivity contribution < 1.29 is 28.2 Å². The Balaban J connectivity index is 1.27. The molecule has 0 radical (unpaired) electrons. The summed E-state index contributed by atoms with van der Waals surface area (Å²) >= 11 is 2.07. The van der Waals surface area contributed by atoms with Crippen LogP contribution in [0, 0.1) is 21.9 Å². The molecular formula is C40H36N4OPt-2. The van der Waals surface area contributed by atoms with E-state index in [1.807, 2.05) is 59.3 Å². The molecule has 6 heteroatoms. The SMILES string of the molecule is [2H]C([2H])([2H])n1[c](=[Pt])n(-c2[c-]c(Oc3[c-]c4c(cc3)c3cc5c(cc3n4-c3cc(C(C)(C)C)ccn3)CCC(C)C5)ccc2)c2ccccc21. The summed E-state index contributed by atoms with van der Waals surface area (Å²) < 4.78 is 37.1. The van der Waals surface area contributed by atoms with E-state index in [-0.39, 0.29) is 5.41 Å². The second kappa shape index (κ2) is 11.0. The fourth-order valence-electron chi connectivity index (χ4n) is 6.75. The van der Waals surface area contributed by atoms with Gasteiger partial charge in [0.25, 0.3) is 0 Å². The summed E-state index contributed by atoms with van der Waals surface area (Å²) in [5, 5.41) is 2.30. The van der Waals surface area contributed by atoms with Crippen molar-refractivity contribution in [3.63, 3.8) is 0 Å². The Morgan fingerprint density at radius 1 is 0.870 bits per heavy atom. The first-order valence-electron chi connectivity index (χ1n) is 17.2. The number of hydrogen-bond acceptors (Lipinski definition) is 2. The summed E-state index contributed by atoms with van der Waals surface area (Å²) in [7, 11) is 0. The van der Waals surface area contributed by atoms with Crippen molar-refractivity contribution in [3.05, 3.63) is 118 Å². The van der Waals surface area contributed by atoms with Gasteiger partial charge in [-0.2, -0.15) is 0 Å². The molecule has 0 saturated carbocycles. The van der Waals surface area contributed by atoms with Crippen LogP contribution in [0.2, 0.25) is 0 Å². The van der Waals surface area contributed by atoms with E-state index in [0.29, 0.717) is 32.4 Å². The van der Waals surface area contributed by atoms with E-state index in [2.05, 4.69) is 94.1 Å². The molecule has 4 aromatic carbocycles. The van der Waals surface area contributed by atoms with Crippen LogP contribution in [-0.4, -0.2) is 18.7 Å². The Morgan fingerprint density at radius 3 is 2.52 bits per heavy atom. The molecule has 1 unspecified atom stereocenters. The maximum absolute atomic E-state index is 8.18. The first kappa shape index (κ1) is 25.9. The summed E-state index contributed by atoms with van der Waals surface area (Å²) in [5.74, 6) is 2.59. The topological polar surface area (TPSA) is 36.9 Å². The Bertz CT molecular complexity index is 2480. The number of imidazole rings is 1. The fraction of sp³-hybridized carbons (Fsp3) is 0.250. The van der Waals surface area contributed by atoms with Crippen LogP contribution in [0.5, 0.6) is 11.5 Å². The molecule has 1 aliphatic carbocycles. The Hall–Kier alpha value is -4.21. The van der Waals surface area contributed by atoms with Crippen LogP contribution in [0.15, 0.2) is 85.1 Å². The quantitative estimate of drug-likeness (QED) is 0.167. The van der Waals surface area contributed by atoms with Gasteiger partial charge in [0, 0.05) is 6.20 Å². The van der Waals surface area contributed by atoms with Crippen LogP contribution in [0.1, 0.15) is 54.9 Å². The van der Waals surface area contributed by atoms with Crippen molar-refractivity contribution in [2.24, 2.45) is 12.9 Å². The van der Waals surface area contributed by atoms with Crippen LogP contribution in [-0.2, 0) is 44.6 Å². The van der Waals surface area contributed by atoms with E-state index in [1.165, 1.54) is 33.1 Å². The van der Waals surface area contributed by atoms with Crippen molar-refractivity contribution in [1.82, 2.24) is 18.7 Å². The van der Waals surface area contributed by atoms with Crippen molar-refractivity contribution in [2.75, 3.05) is 0 Å². The standard InChI is InChI=1S/C40H36N4O.Pt/c1-26-13-14-27-21-37-34(20-28(27)19-26)33-16-15-32(24-38(33)44(37)39-22-29(17-18-41-39)40(2,3)4)45-31-10-8-9-30(23-31)43-25-42(5)35-11-6-7-12-36(35)43;/h6-12,15-18,20-22,26H,13-14,19H2,1-5H3;/q-2;/i5D3;. The summed E-state index contributed by atoms with van der Waals surface area (Å²) in [6.07, 6.45) is 5.27. The number of ether oxygens (including phenoxy) is 1. The molecule has 8 rings (SSSR count). The third-order valence-electron chi connectivity index (χ3n) is 9.20. The molecule has 3 heterocycles. The number of fused-ring (bicyclic) bond motifs is 5. The van der Waals surface area contributed by atoms with Gasteiger partial charge in [0.2, 0.25) is 0 Å². The minimum absolute atomic E-state index is 0.0315. The van der Waals surface area contributed by atoms with Crippen LogP contribution >= 0.6 is 0 Å². The van der Waals surface area contributed by atoms with Gasteiger partial charge < -0.3 is 0 Å². The Morgan fingerprint density at radius 2 is 1.70 bits per heavy atom. The molecule has 0 bridgehead atoms. The third kappa shape index (κ3) is 4.88. The first-order valence-corrected chi connectivity index (χ1v) is 16.9. The average Bonchev–Trinajstić information content (AvgIpc) is 3.54. The summed E-state index contributed by atoms with van der Waals surface area (Å²) in [4.78, 5) is 4.88. The van der Waals surface area contributed by atoms with Gasteiger partial charge >= 0.3 is 198 Å². The number of benzene rings is 4. The Kier molecular flexibility index (Phi) is 6.17. The van der Waals surface area contributed by atoms with E-state index >= 15 is 0 Å². The number of nitrogens with zero attached hydrogens (tertiary/aromatic N) is 4. The first-order chi connectivity index (χ1) is 23.4. The molecule has 234 valence electrons. The number of aryl methyl sites for hydroxylation is 2. The van der Waals surface area contributed by atoms with E-state index in [1.54, 1.807) is 0 Å². The zero-order valence-corrected chi connectivity index (χ0v) is 28.6. The number of pyridine rings is 1. The second-order valence-corrected chi connectivity index (χ2v) is 14.5. The molecule has 46 heavy (non-hydrogen) atoms.